The number of aromatic nitrogens is 1. The van der Waals surface area contributed by atoms with Gasteiger partial charge in [-0.1, -0.05) is 0 Å². The number of hydrogen-bond donors (Lipinski definition) is 1. The third kappa shape index (κ3) is 3.11. The molecular formula is C14H25N3S. The van der Waals surface area contributed by atoms with Crippen LogP contribution in [-0.4, -0.2) is 36.1 Å². The summed E-state index contributed by atoms with van der Waals surface area (Å²) >= 11 is 1.89. The third-order valence-corrected chi connectivity index (χ3v) is 5.28. The molecule has 2 unspecified atom stereocenters. The van der Waals surface area contributed by atoms with Gasteiger partial charge in [0.15, 0.2) is 0 Å². The summed E-state index contributed by atoms with van der Waals surface area (Å²) in [4.78, 5) is 8.59. The normalized spacial score (nSPS) is 23.5. The Labute approximate surface area is 115 Å². The van der Waals surface area contributed by atoms with Crippen LogP contribution in [0.25, 0.3) is 0 Å². The second-order valence-corrected chi connectivity index (χ2v) is 6.63. The molecule has 1 saturated heterocycles. The molecule has 102 valence electrons. The molecule has 2 atom stereocenters. The molecule has 1 aliphatic rings. The van der Waals surface area contributed by atoms with E-state index in [1.165, 1.54) is 35.8 Å². The molecule has 18 heavy (non-hydrogen) atoms. The molecule has 1 aromatic heterocycles. The lowest BCUT2D eigenvalue weighted by Crippen LogP contribution is -2.39. The average molecular weight is 267 g/mol. The summed E-state index contributed by atoms with van der Waals surface area (Å²) in [6.45, 7) is 9.20. The molecule has 1 fully saturated rings. The molecule has 0 saturated carbocycles. The number of nitrogens with zero attached hydrogens (tertiary/aromatic N) is 2. The highest BCUT2D eigenvalue weighted by molar-refractivity contribution is 7.11. The molecule has 0 aliphatic carbocycles. The number of thiazole rings is 1. The molecule has 0 aromatic carbocycles. The molecule has 1 aliphatic heterocycles. The monoisotopic (exact) mass is 267 g/mol. The Bertz CT molecular complexity index is 375. The Morgan fingerprint density at radius 2 is 2.22 bits per heavy atom. The topological polar surface area (TPSA) is 28.2 Å². The van der Waals surface area contributed by atoms with E-state index in [2.05, 4.69) is 42.2 Å². The number of likely N-dealkylation sites (tertiary alicyclic amines) is 1. The molecule has 0 radical (unpaired) electrons. The van der Waals surface area contributed by atoms with Gasteiger partial charge in [-0.15, -0.1) is 11.3 Å². The zero-order valence-electron chi connectivity index (χ0n) is 11.9. The van der Waals surface area contributed by atoms with Crippen LogP contribution in [0.3, 0.4) is 0 Å². The van der Waals surface area contributed by atoms with Gasteiger partial charge in [0.2, 0.25) is 0 Å². The molecule has 2 heterocycles. The molecule has 0 spiro atoms. The van der Waals surface area contributed by atoms with Crippen molar-refractivity contribution in [1.29, 1.82) is 0 Å². The Morgan fingerprint density at radius 1 is 1.44 bits per heavy atom. The van der Waals surface area contributed by atoms with Gasteiger partial charge < -0.3 is 10.2 Å². The van der Waals surface area contributed by atoms with Gasteiger partial charge >= 0.3 is 0 Å². The van der Waals surface area contributed by atoms with Crippen molar-refractivity contribution in [3.63, 3.8) is 0 Å². The summed E-state index contributed by atoms with van der Waals surface area (Å²) in [5, 5.41) is 4.62. The van der Waals surface area contributed by atoms with E-state index in [0.717, 1.165) is 0 Å². The molecule has 3 nitrogen and oxygen atoms in total. The summed E-state index contributed by atoms with van der Waals surface area (Å²) in [5.74, 6) is 0.643. The van der Waals surface area contributed by atoms with Crippen molar-refractivity contribution in [3.05, 3.63) is 16.1 Å². The van der Waals surface area contributed by atoms with Crippen molar-refractivity contribution in [2.75, 3.05) is 20.1 Å². The first-order valence-electron chi connectivity index (χ1n) is 6.98. The summed E-state index contributed by atoms with van der Waals surface area (Å²) in [6.07, 6.45) is 4.65. The van der Waals surface area contributed by atoms with Crippen LogP contribution >= 0.6 is 11.3 Å². The first-order valence-corrected chi connectivity index (χ1v) is 7.80. The maximum absolute atomic E-state index is 4.65. The van der Waals surface area contributed by atoms with Gasteiger partial charge in [-0.25, -0.2) is 4.98 Å². The quantitative estimate of drug-likeness (QED) is 0.909. The Hall–Kier alpha value is -0.450. The predicted molar refractivity (Wildman–Crippen MR) is 78.3 cm³/mol. The average Bonchev–Trinajstić information content (AvgIpc) is 2.87. The summed E-state index contributed by atoms with van der Waals surface area (Å²) < 4.78 is 0. The van der Waals surface area contributed by atoms with Gasteiger partial charge in [0.25, 0.3) is 0 Å². The van der Waals surface area contributed by atoms with E-state index >= 15 is 0 Å². The predicted octanol–water partition coefficient (Wildman–Crippen LogP) is 3.01. The van der Waals surface area contributed by atoms with Crippen molar-refractivity contribution in [2.45, 2.75) is 51.6 Å². The second-order valence-electron chi connectivity index (χ2n) is 5.54. The fraction of sp³-hybridized carbons (Fsp3) is 0.786. The standard InChI is InChI=1S/C14H25N3S/c1-10(2)17-7-5-6-12(9-17)14-16-8-13(18-14)11(3)15-4/h8,10-12,15H,5-7,9H2,1-4H3. The van der Waals surface area contributed by atoms with Crippen molar-refractivity contribution >= 4 is 11.3 Å². The van der Waals surface area contributed by atoms with Crippen LogP contribution in [0, 0.1) is 0 Å². The lowest BCUT2D eigenvalue weighted by atomic mass is 9.98. The van der Waals surface area contributed by atoms with Crippen molar-refractivity contribution in [1.82, 2.24) is 15.2 Å². The third-order valence-electron chi connectivity index (χ3n) is 3.93. The van der Waals surface area contributed by atoms with Crippen LogP contribution in [0.2, 0.25) is 0 Å². The zero-order chi connectivity index (χ0) is 13.1. The Morgan fingerprint density at radius 3 is 2.89 bits per heavy atom. The SMILES string of the molecule is CNC(C)c1cnc(C2CCCN(C(C)C)C2)s1. The van der Waals surface area contributed by atoms with Gasteiger partial charge in [0, 0.05) is 35.6 Å². The van der Waals surface area contributed by atoms with Gasteiger partial charge in [0.05, 0.1) is 5.01 Å². The minimum atomic E-state index is 0.418. The van der Waals surface area contributed by atoms with Crippen LogP contribution in [0.15, 0.2) is 6.20 Å². The zero-order valence-corrected chi connectivity index (χ0v) is 12.8. The maximum Gasteiger partial charge on any atom is 0.0971 e. The first-order chi connectivity index (χ1) is 8.61. The highest BCUT2D eigenvalue weighted by Gasteiger charge is 2.25. The lowest BCUT2D eigenvalue weighted by molar-refractivity contribution is 0.167. The van der Waals surface area contributed by atoms with Gasteiger partial charge in [-0.2, -0.15) is 0 Å². The maximum atomic E-state index is 4.65. The van der Waals surface area contributed by atoms with Gasteiger partial charge in [0.1, 0.15) is 0 Å². The highest BCUT2D eigenvalue weighted by Crippen LogP contribution is 2.32. The van der Waals surface area contributed by atoms with E-state index in [4.69, 9.17) is 0 Å². The smallest absolute Gasteiger partial charge is 0.0971 e. The van der Waals surface area contributed by atoms with E-state index in [9.17, 15) is 0 Å². The van der Waals surface area contributed by atoms with Crippen LogP contribution in [0.4, 0.5) is 0 Å². The van der Waals surface area contributed by atoms with Crippen molar-refractivity contribution < 1.29 is 0 Å². The van der Waals surface area contributed by atoms with E-state index in [1.807, 2.05) is 18.4 Å². The number of piperidine rings is 1. The van der Waals surface area contributed by atoms with Crippen LogP contribution in [0.1, 0.15) is 55.5 Å². The van der Waals surface area contributed by atoms with Crippen LogP contribution < -0.4 is 5.32 Å². The Balaban J connectivity index is 2.04. The summed E-state index contributed by atoms with van der Waals surface area (Å²) in [7, 11) is 2.01. The molecule has 1 N–H and O–H groups in total. The number of rotatable bonds is 4. The summed E-state index contributed by atoms with van der Waals surface area (Å²) in [6, 6.07) is 1.07. The molecule has 2 rings (SSSR count). The number of nitrogens with one attached hydrogen (secondary N) is 1. The Kier molecular flexibility index (Phi) is 4.76. The van der Waals surface area contributed by atoms with E-state index in [1.54, 1.807) is 0 Å². The van der Waals surface area contributed by atoms with Crippen molar-refractivity contribution in [3.8, 4) is 0 Å². The number of hydrogen-bond acceptors (Lipinski definition) is 4. The molecule has 0 amide bonds. The second kappa shape index (κ2) is 6.13. The molecule has 1 aromatic rings. The molecular weight excluding hydrogens is 242 g/mol. The molecule has 0 bridgehead atoms. The van der Waals surface area contributed by atoms with Crippen LogP contribution in [-0.2, 0) is 0 Å². The first kappa shape index (κ1) is 14.0. The highest BCUT2D eigenvalue weighted by atomic mass is 32.1. The minimum Gasteiger partial charge on any atom is -0.312 e. The van der Waals surface area contributed by atoms with E-state index in [0.29, 0.717) is 18.0 Å². The van der Waals surface area contributed by atoms with Crippen molar-refractivity contribution in [2.24, 2.45) is 0 Å². The molecule has 4 heteroatoms. The lowest BCUT2D eigenvalue weighted by Gasteiger charge is -2.34. The summed E-state index contributed by atoms with van der Waals surface area (Å²) in [5.41, 5.74) is 0. The fourth-order valence-corrected chi connectivity index (χ4v) is 3.61. The van der Waals surface area contributed by atoms with Gasteiger partial charge in [-0.05, 0) is 47.2 Å². The fourth-order valence-electron chi connectivity index (χ4n) is 2.51. The van der Waals surface area contributed by atoms with E-state index < -0.39 is 0 Å². The largest absolute Gasteiger partial charge is 0.312 e. The minimum absolute atomic E-state index is 0.418. The van der Waals surface area contributed by atoms with Gasteiger partial charge in [-0.3, -0.25) is 0 Å². The van der Waals surface area contributed by atoms with Crippen LogP contribution in [0.5, 0.6) is 0 Å². The van der Waals surface area contributed by atoms with E-state index in [-0.39, 0.29) is 0 Å².